The van der Waals surface area contributed by atoms with E-state index in [0.29, 0.717) is 0 Å². The summed E-state index contributed by atoms with van der Waals surface area (Å²) in [6.45, 7) is 15.1. The SMILES string of the molecule is C=C[Si](C)(C)O[Si](O[Si](C)(C)C)(c1ccccc1)c1ccccc1. The molecule has 0 unspecified atom stereocenters. The third-order valence-electron chi connectivity index (χ3n) is 3.66. The number of hydrogen-bond acceptors (Lipinski definition) is 2. The van der Waals surface area contributed by atoms with E-state index in [9.17, 15) is 0 Å². The number of rotatable bonds is 7. The van der Waals surface area contributed by atoms with E-state index >= 15 is 0 Å². The Bertz CT molecular complexity index is 625. The van der Waals surface area contributed by atoms with Crippen LogP contribution >= 0.6 is 0 Å². The highest BCUT2D eigenvalue weighted by atomic mass is 28.5. The van der Waals surface area contributed by atoms with Gasteiger partial charge in [-0.05, 0) is 43.1 Å². The van der Waals surface area contributed by atoms with E-state index in [-0.39, 0.29) is 0 Å². The molecule has 5 heteroatoms. The molecule has 2 aromatic rings. The third-order valence-corrected chi connectivity index (χ3v) is 13.7. The Morgan fingerprint density at radius 1 is 0.708 bits per heavy atom. The van der Waals surface area contributed by atoms with Crippen molar-refractivity contribution in [2.45, 2.75) is 32.7 Å². The van der Waals surface area contributed by atoms with Crippen LogP contribution in [0.1, 0.15) is 0 Å². The van der Waals surface area contributed by atoms with Crippen molar-refractivity contribution >= 4 is 35.6 Å². The fraction of sp³-hybridized carbons (Fsp3) is 0.263. The summed E-state index contributed by atoms with van der Waals surface area (Å²) in [6, 6.07) is 20.9. The molecule has 0 heterocycles. The van der Waals surface area contributed by atoms with Gasteiger partial charge in [0, 0.05) is 0 Å². The average Bonchev–Trinajstić information content (AvgIpc) is 2.54. The van der Waals surface area contributed by atoms with E-state index in [1.807, 2.05) is 17.8 Å². The molecule has 24 heavy (non-hydrogen) atoms. The van der Waals surface area contributed by atoms with Gasteiger partial charge >= 0.3 is 8.56 Å². The summed E-state index contributed by atoms with van der Waals surface area (Å²) in [5, 5.41) is 2.34. The van der Waals surface area contributed by atoms with Gasteiger partial charge in [0.1, 0.15) is 0 Å². The van der Waals surface area contributed by atoms with Gasteiger partial charge in [-0.15, -0.1) is 6.58 Å². The standard InChI is InChI=1S/C19H28O2Si3/c1-7-23(5,6)21-24(20-22(2,3)4,18-14-10-8-11-15-18)19-16-12-9-13-17-19/h7-17H,1H2,2-6H3. The van der Waals surface area contributed by atoms with Crippen molar-refractivity contribution in [3.8, 4) is 0 Å². The van der Waals surface area contributed by atoms with Gasteiger partial charge in [-0.3, -0.25) is 0 Å². The summed E-state index contributed by atoms with van der Waals surface area (Å²) in [4.78, 5) is 0. The van der Waals surface area contributed by atoms with Crippen LogP contribution in [0, 0.1) is 0 Å². The molecule has 0 fully saturated rings. The molecule has 0 amide bonds. The zero-order chi connectivity index (χ0) is 17.8. The molecule has 0 N–H and O–H groups in total. The highest BCUT2D eigenvalue weighted by Gasteiger charge is 2.48. The first-order valence-electron chi connectivity index (χ1n) is 8.33. The molecular weight excluding hydrogens is 344 g/mol. The van der Waals surface area contributed by atoms with Gasteiger partial charge in [0.25, 0.3) is 0 Å². The molecule has 0 saturated heterocycles. The predicted molar refractivity (Wildman–Crippen MR) is 111 cm³/mol. The maximum Gasteiger partial charge on any atom is 0.386 e. The Morgan fingerprint density at radius 3 is 1.46 bits per heavy atom. The molecule has 0 bridgehead atoms. The minimum atomic E-state index is -2.79. The molecule has 128 valence electrons. The Kier molecular flexibility index (Phi) is 5.83. The first kappa shape index (κ1) is 19.1. The van der Waals surface area contributed by atoms with Crippen LogP contribution in [-0.4, -0.2) is 25.2 Å². The van der Waals surface area contributed by atoms with Crippen LogP contribution in [-0.2, 0) is 8.23 Å². The lowest BCUT2D eigenvalue weighted by Crippen LogP contribution is -2.69. The highest BCUT2D eigenvalue weighted by Crippen LogP contribution is 2.22. The number of benzene rings is 2. The van der Waals surface area contributed by atoms with Crippen LogP contribution in [0.3, 0.4) is 0 Å². The first-order chi connectivity index (χ1) is 11.2. The van der Waals surface area contributed by atoms with Crippen LogP contribution in [0.15, 0.2) is 72.9 Å². The lowest BCUT2D eigenvalue weighted by Gasteiger charge is -2.41. The van der Waals surface area contributed by atoms with Crippen molar-refractivity contribution in [2.24, 2.45) is 0 Å². The highest BCUT2D eigenvalue weighted by molar-refractivity contribution is 7.02. The van der Waals surface area contributed by atoms with Gasteiger partial charge in [-0.2, -0.15) is 0 Å². The van der Waals surface area contributed by atoms with Crippen molar-refractivity contribution < 1.29 is 8.23 Å². The van der Waals surface area contributed by atoms with Crippen molar-refractivity contribution in [3.63, 3.8) is 0 Å². The fourth-order valence-corrected chi connectivity index (χ4v) is 13.4. The topological polar surface area (TPSA) is 18.5 Å². The molecule has 2 aromatic carbocycles. The lowest BCUT2D eigenvalue weighted by atomic mass is 10.4. The third kappa shape index (κ3) is 4.64. The van der Waals surface area contributed by atoms with E-state index in [1.54, 1.807) is 0 Å². The zero-order valence-electron chi connectivity index (χ0n) is 15.4. The zero-order valence-corrected chi connectivity index (χ0v) is 18.4. The van der Waals surface area contributed by atoms with Crippen LogP contribution in [0.2, 0.25) is 32.7 Å². The Morgan fingerprint density at radius 2 is 1.12 bits per heavy atom. The minimum Gasteiger partial charge on any atom is -0.430 e. The van der Waals surface area contributed by atoms with Gasteiger partial charge in [0.15, 0.2) is 8.32 Å². The molecule has 0 aliphatic carbocycles. The van der Waals surface area contributed by atoms with Crippen LogP contribution in [0.4, 0.5) is 0 Å². The van der Waals surface area contributed by atoms with Crippen LogP contribution in [0.25, 0.3) is 0 Å². The Labute approximate surface area is 149 Å². The molecule has 0 atom stereocenters. The summed E-state index contributed by atoms with van der Waals surface area (Å²) in [6.07, 6.45) is 0. The molecule has 2 nitrogen and oxygen atoms in total. The Hall–Kier alpha value is -1.25. The van der Waals surface area contributed by atoms with Gasteiger partial charge < -0.3 is 8.23 Å². The fourth-order valence-electron chi connectivity index (χ4n) is 2.58. The second-order valence-electron chi connectivity index (χ2n) is 7.47. The van der Waals surface area contributed by atoms with Gasteiger partial charge in [-0.1, -0.05) is 66.4 Å². The quantitative estimate of drug-likeness (QED) is 0.683. The van der Waals surface area contributed by atoms with Crippen molar-refractivity contribution in [3.05, 3.63) is 72.9 Å². The largest absolute Gasteiger partial charge is 0.430 e. The average molecular weight is 373 g/mol. The van der Waals surface area contributed by atoms with Crippen LogP contribution in [0.5, 0.6) is 0 Å². The monoisotopic (exact) mass is 372 g/mol. The molecule has 0 aliphatic heterocycles. The molecular formula is C19H28O2Si3. The molecule has 2 rings (SSSR count). The second kappa shape index (κ2) is 7.33. The summed E-state index contributed by atoms with van der Waals surface area (Å²) < 4.78 is 13.8. The molecule has 0 radical (unpaired) electrons. The molecule has 0 aromatic heterocycles. The first-order valence-corrected chi connectivity index (χ1v) is 16.5. The summed E-state index contributed by atoms with van der Waals surface area (Å²) in [5.74, 6) is 0. The predicted octanol–water partition coefficient (Wildman–Crippen LogP) is 4.04. The maximum atomic E-state index is 6.90. The smallest absolute Gasteiger partial charge is 0.386 e. The van der Waals surface area contributed by atoms with E-state index in [4.69, 9.17) is 8.23 Å². The van der Waals surface area contributed by atoms with Gasteiger partial charge in [0.05, 0.1) is 0 Å². The normalized spacial score (nSPS) is 12.9. The van der Waals surface area contributed by atoms with Gasteiger partial charge in [-0.25, -0.2) is 0 Å². The summed E-state index contributed by atoms with van der Waals surface area (Å²) in [7, 11) is -6.69. The van der Waals surface area contributed by atoms with Gasteiger partial charge in [0.2, 0.25) is 8.32 Å². The van der Waals surface area contributed by atoms with Crippen molar-refractivity contribution in [1.82, 2.24) is 0 Å². The van der Waals surface area contributed by atoms with E-state index in [1.165, 1.54) is 10.4 Å². The molecule has 0 saturated carbocycles. The minimum absolute atomic E-state index is 1.17. The van der Waals surface area contributed by atoms with E-state index < -0.39 is 25.2 Å². The van der Waals surface area contributed by atoms with Crippen molar-refractivity contribution in [1.29, 1.82) is 0 Å². The molecule has 0 aliphatic rings. The number of hydrogen-bond donors (Lipinski definition) is 0. The maximum absolute atomic E-state index is 6.90. The lowest BCUT2D eigenvalue weighted by molar-refractivity contribution is 0.416. The Balaban J connectivity index is 2.70. The van der Waals surface area contributed by atoms with Crippen LogP contribution < -0.4 is 10.4 Å². The molecule has 0 spiro atoms. The second-order valence-corrected chi connectivity index (χ2v) is 19.3. The van der Waals surface area contributed by atoms with E-state index in [2.05, 4.69) is 87.8 Å². The van der Waals surface area contributed by atoms with E-state index in [0.717, 1.165) is 0 Å². The summed E-state index contributed by atoms with van der Waals surface area (Å²) in [5.41, 5.74) is 1.99. The van der Waals surface area contributed by atoms with Crippen molar-refractivity contribution in [2.75, 3.05) is 0 Å². The summed E-state index contributed by atoms with van der Waals surface area (Å²) >= 11 is 0.